The molecule has 0 fully saturated rings. The van der Waals surface area contributed by atoms with Gasteiger partial charge in [-0.3, -0.25) is 4.79 Å². The maximum Gasteiger partial charge on any atom is 0.220 e. The number of nitrogens with zero attached hydrogens (tertiary/aromatic N) is 1. The summed E-state index contributed by atoms with van der Waals surface area (Å²) in [5.41, 5.74) is 2.04. The minimum absolute atomic E-state index is 0.0426. The second-order valence-electron chi connectivity index (χ2n) is 6.03. The molecule has 0 saturated carbocycles. The molecule has 5 nitrogen and oxygen atoms in total. The molecule has 1 aromatic rings. The first-order valence-corrected chi connectivity index (χ1v) is 9.30. The molecule has 0 radical (unpaired) electrons. The lowest BCUT2D eigenvalue weighted by Gasteiger charge is -2.20. The summed E-state index contributed by atoms with van der Waals surface area (Å²) < 4.78 is 25.2. The van der Waals surface area contributed by atoms with Gasteiger partial charge in [0.2, 0.25) is 15.9 Å². The van der Waals surface area contributed by atoms with E-state index in [4.69, 9.17) is 0 Å². The van der Waals surface area contributed by atoms with Gasteiger partial charge in [-0.2, -0.15) is 4.31 Å². The third kappa shape index (κ3) is 7.04. The van der Waals surface area contributed by atoms with Crippen LogP contribution in [0.15, 0.2) is 24.3 Å². The minimum atomic E-state index is -3.31. The molecule has 0 spiro atoms. The van der Waals surface area contributed by atoms with Crippen molar-refractivity contribution < 1.29 is 13.2 Å². The highest BCUT2D eigenvalue weighted by atomic mass is 32.2. The van der Waals surface area contributed by atoms with Crippen molar-refractivity contribution in [1.82, 2.24) is 9.62 Å². The van der Waals surface area contributed by atoms with Crippen LogP contribution >= 0.6 is 0 Å². The summed E-state index contributed by atoms with van der Waals surface area (Å²) in [6.07, 6.45) is 1.65. The molecule has 0 aliphatic rings. The van der Waals surface area contributed by atoms with Gasteiger partial charge in [-0.05, 0) is 18.4 Å². The second-order valence-corrected chi connectivity index (χ2v) is 8.02. The first-order chi connectivity index (χ1) is 10.2. The summed E-state index contributed by atoms with van der Waals surface area (Å²) in [6, 6.07) is 7.76. The van der Waals surface area contributed by atoms with Gasteiger partial charge in [-0.15, -0.1) is 0 Å². The van der Waals surface area contributed by atoms with Crippen molar-refractivity contribution in [3.05, 3.63) is 35.4 Å². The molecular weight excluding hydrogens is 300 g/mol. The van der Waals surface area contributed by atoms with Gasteiger partial charge in [0.15, 0.2) is 0 Å². The smallest absolute Gasteiger partial charge is 0.220 e. The lowest BCUT2D eigenvalue weighted by molar-refractivity contribution is -0.121. The zero-order valence-electron chi connectivity index (χ0n) is 13.8. The van der Waals surface area contributed by atoms with Crippen molar-refractivity contribution in [2.45, 2.75) is 33.7 Å². The molecule has 0 aliphatic carbocycles. The molecular formula is C16H26N2O3S. The first kappa shape index (κ1) is 18.6. The third-order valence-electron chi connectivity index (χ3n) is 3.19. The van der Waals surface area contributed by atoms with Crippen LogP contribution < -0.4 is 5.32 Å². The Hall–Kier alpha value is -1.40. The Kier molecular flexibility index (Phi) is 7.03. The van der Waals surface area contributed by atoms with Crippen LogP contribution in [0.2, 0.25) is 0 Å². The van der Waals surface area contributed by atoms with Crippen LogP contribution in [-0.2, 0) is 21.4 Å². The van der Waals surface area contributed by atoms with Crippen molar-refractivity contribution in [2.75, 3.05) is 19.3 Å². The summed E-state index contributed by atoms with van der Waals surface area (Å²) >= 11 is 0. The predicted molar refractivity (Wildman–Crippen MR) is 88.9 cm³/mol. The summed E-state index contributed by atoms with van der Waals surface area (Å²) in [4.78, 5) is 11.6. The van der Waals surface area contributed by atoms with Crippen molar-refractivity contribution in [3.63, 3.8) is 0 Å². The molecule has 1 aromatic carbocycles. The summed E-state index contributed by atoms with van der Waals surface area (Å²) in [7, 11) is -3.31. The number of rotatable bonds is 8. The van der Waals surface area contributed by atoms with Crippen LogP contribution in [0.3, 0.4) is 0 Å². The standard InChI is InChI=1S/C16H26N2O3S/c1-13(2)10-16(19)17-8-9-18(22(4,20)21)12-15-7-5-6-14(3)11-15/h5-7,11,13H,8-10,12H2,1-4H3,(H,17,19). The number of aryl methyl sites for hydroxylation is 1. The normalized spacial score (nSPS) is 11.9. The molecule has 1 amide bonds. The maximum atomic E-state index is 11.9. The Balaban J connectivity index is 2.61. The zero-order valence-corrected chi connectivity index (χ0v) is 14.6. The highest BCUT2D eigenvalue weighted by Gasteiger charge is 2.17. The average Bonchev–Trinajstić information content (AvgIpc) is 2.35. The van der Waals surface area contributed by atoms with Crippen LogP contribution in [0.4, 0.5) is 0 Å². The van der Waals surface area contributed by atoms with Crippen LogP contribution in [0.5, 0.6) is 0 Å². The fourth-order valence-electron chi connectivity index (χ4n) is 2.14. The van der Waals surface area contributed by atoms with E-state index in [1.165, 1.54) is 10.6 Å². The molecule has 0 heterocycles. The largest absolute Gasteiger partial charge is 0.355 e. The molecule has 124 valence electrons. The Morgan fingerprint density at radius 3 is 2.55 bits per heavy atom. The van der Waals surface area contributed by atoms with Crippen LogP contribution in [0.1, 0.15) is 31.4 Å². The number of nitrogens with one attached hydrogen (secondary N) is 1. The highest BCUT2D eigenvalue weighted by molar-refractivity contribution is 7.88. The Labute approximate surface area is 133 Å². The molecule has 0 aromatic heterocycles. The van der Waals surface area contributed by atoms with Gasteiger partial charge in [-0.25, -0.2) is 8.42 Å². The molecule has 0 unspecified atom stereocenters. The lowest BCUT2D eigenvalue weighted by atomic mass is 10.1. The van der Waals surface area contributed by atoms with Crippen LogP contribution in [0.25, 0.3) is 0 Å². The zero-order chi connectivity index (χ0) is 16.8. The third-order valence-corrected chi connectivity index (χ3v) is 4.44. The van der Waals surface area contributed by atoms with E-state index in [0.717, 1.165) is 11.1 Å². The van der Waals surface area contributed by atoms with E-state index in [9.17, 15) is 13.2 Å². The number of sulfonamides is 1. The van der Waals surface area contributed by atoms with Gasteiger partial charge in [0.05, 0.1) is 6.26 Å². The number of carbonyl (C=O) groups is 1. The van der Waals surface area contributed by atoms with Gasteiger partial charge in [0.1, 0.15) is 0 Å². The summed E-state index contributed by atoms with van der Waals surface area (Å²) in [5, 5.41) is 2.77. The maximum absolute atomic E-state index is 11.9. The number of hydrogen-bond donors (Lipinski definition) is 1. The Morgan fingerprint density at radius 1 is 1.32 bits per heavy atom. The average molecular weight is 326 g/mol. The van der Waals surface area contributed by atoms with Crippen LogP contribution in [-0.4, -0.2) is 38.0 Å². The number of carbonyl (C=O) groups excluding carboxylic acids is 1. The highest BCUT2D eigenvalue weighted by Crippen LogP contribution is 2.10. The van der Waals surface area contributed by atoms with E-state index in [1.54, 1.807) is 0 Å². The monoisotopic (exact) mass is 326 g/mol. The molecule has 1 N–H and O–H groups in total. The first-order valence-electron chi connectivity index (χ1n) is 7.46. The second kappa shape index (κ2) is 8.29. The van der Waals surface area contributed by atoms with Gasteiger partial charge in [0.25, 0.3) is 0 Å². The van der Waals surface area contributed by atoms with Gasteiger partial charge >= 0.3 is 0 Å². The van der Waals surface area contributed by atoms with Crippen molar-refractivity contribution in [3.8, 4) is 0 Å². The lowest BCUT2D eigenvalue weighted by Crippen LogP contribution is -2.37. The summed E-state index contributed by atoms with van der Waals surface area (Å²) in [6.45, 7) is 6.84. The van der Waals surface area contributed by atoms with E-state index < -0.39 is 10.0 Å². The molecule has 0 saturated heterocycles. The predicted octanol–water partition coefficient (Wildman–Crippen LogP) is 1.92. The SMILES string of the molecule is Cc1cccc(CN(CCNC(=O)CC(C)C)S(C)(=O)=O)c1. The van der Waals surface area contributed by atoms with Gasteiger partial charge in [-0.1, -0.05) is 43.7 Å². The van der Waals surface area contributed by atoms with E-state index in [-0.39, 0.29) is 12.5 Å². The molecule has 6 heteroatoms. The van der Waals surface area contributed by atoms with Crippen LogP contribution in [0, 0.1) is 12.8 Å². The van der Waals surface area contributed by atoms with Gasteiger partial charge < -0.3 is 5.32 Å². The fourth-order valence-corrected chi connectivity index (χ4v) is 2.95. The van der Waals surface area contributed by atoms with E-state index in [1.807, 2.05) is 45.0 Å². The topological polar surface area (TPSA) is 66.5 Å². The number of amides is 1. The fraction of sp³-hybridized carbons (Fsp3) is 0.562. The molecule has 0 bridgehead atoms. The Morgan fingerprint density at radius 2 is 2.00 bits per heavy atom. The number of hydrogen-bond acceptors (Lipinski definition) is 3. The van der Waals surface area contributed by atoms with Crippen molar-refractivity contribution in [2.24, 2.45) is 5.92 Å². The quantitative estimate of drug-likeness (QED) is 0.793. The molecule has 0 atom stereocenters. The minimum Gasteiger partial charge on any atom is -0.355 e. The van der Waals surface area contributed by atoms with Crippen molar-refractivity contribution in [1.29, 1.82) is 0 Å². The summed E-state index contributed by atoms with van der Waals surface area (Å²) in [5.74, 6) is 0.248. The number of benzene rings is 1. The van der Waals surface area contributed by atoms with Gasteiger partial charge in [0, 0.05) is 26.1 Å². The molecule has 0 aliphatic heterocycles. The molecule has 22 heavy (non-hydrogen) atoms. The van der Waals surface area contributed by atoms with E-state index >= 15 is 0 Å². The molecule has 1 rings (SSSR count). The van der Waals surface area contributed by atoms with E-state index in [0.29, 0.717) is 25.4 Å². The van der Waals surface area contributed by atoms with E-state index in [2.05, 4.69) is 5.32 Å². The Bertz CT molecular complexity index is 597. The van der Waals surface area contributed by atoms with Crippen molar-refractivity contribution >= 4 is 15.9 Å².